The number of hydrogen-bond donors (Lipinski definition) is 2. The van der Waals surface area contributed by atoms with Crippen LogP contribution in [0.25, 0.3) is 20.4 Å². The SMILES string of the molecule is CC(C)(C)OC(=O)N1CCc2c(sc3ncnc(Nc4ccc5[nH]c(=O)sc5c4)c23)C1. The van der Waals surface area contributed by atoms with Crippen LogP contribution >= 0.6 is 22.7 Å². The monoisotopic (exact) mass is 455 g/mol. The summed E-state index contributed by atoms with van der Waals surface area (Å²) in [5.74, 6) is 0.732. The molecule has 0 spiro atoms. The van der Waals surface area contributed by atoms with Gasteiger partial charge in [0.05, 0.1) is 22.1 Å². The Morgan fingerprint density at radius 3 is 2.90 bits per heavy atom. The van der Waals surface area contributed by atoms with Crippen molar-refractivity contribution in [1.29, 1.82) is 0 Å². The third kappa shape index (κ3) is 3.88. The fraction of sp³-hybridized carbons (Fsp3) is 0.333. The van der Waals surface area contributed by atoms with E-state index in [-0.39, 0.29) is 11.0 Å². The number of amides is 1. The van der Waals surface area contributed by atoms with Gasteiger partial charge in [-0.3, -0.25) is 4.79 Å². The minimum Gasteiger partial charge on any atom is -0.444 e. The molecule has 4 heterocycles. The molecule has 2 N–H and O–H groups in total. The summed E-state index contributed by atoms with van der Waals surface area (Å²) in [5.41, 5.74) is 2.33. The van der Waals surface area contributed by atoms with Crippen molar-refractivity contribution in [3.8, 4) is 0 Å². The molecule has 0 aliphatic carbocycles. The number of thiazole rings is 1. The maximum Gasteiger partial charge on any atom is 0.410 e. The van der Waals surface area contributed by atoms with Crippen LogP contribution < -0.4 is 10.2 Å². The van der Waals surface area contributed by atoms with Crippen molar-refractivity contribution >= 4 is 60.7 Å². The number of aromatic amines is 1. The highest BCUT2D eigenvalue weighted by Crippen LogP contribution is 2.38. The number of thiophene rings is 1. The molecule has 8 nitrogen and oxygen atoms in total. The minimum absolute atomic E-state index is 0.0713. The zero-order valence-corrected chi connectivity index (χ0v) is 18.9. The average Bonchev–Trinajstić information content (AvgIpc) is 3.25. The number of nitrogens with one attached hydrogen (secondary N) is 2. The normalized spacial score (nSPS) is 14.1. The van der Waals surface area contributed by atoms with Crippen LogP contribution in [0.2, 0.25) is 0 Å². The van der Waals surface area contributed by atoms with Gasteiger partial charge in [-0.2, -0.15) is 0 Å². The number of nitrogens with zero attached hydrogens (tertiary/aromatic N) is 3. The molecule has 1 aliphatic heterocycles. The first kappa shape index (κ1) is 20.0. The van der Waals surface area contributed by atoms with Gasteiger partial charge in [0, 0.05) is 17.1 Å². The van der Waals surface area contributed by atoms with Gasteiger partial charge in [0.15, 0.2) is 0 Å². The topological polar surface area (TPSA) is 100 Å². The standard InChI is InChI=1S/C21H21N5O3S2/c1-21(2,3)29-20(28)26-7-6-12-15(9-26)30-18-16(12)17(22-10-23-18)24-11-4-5-13-14(8-11)31-19(27)25-13/h4-5,8,10H,6-7,9H2,1-3H3,(H,25,27)(H,22,23,24). The second-order valence-electron chi connectivity index (χ2n) is 8.41. The number of benzene rings is 1. The highest BCUT2D eigenvalue weighted by atomic mass is 32.1. The fourth-order valence-corrected chi connectivity index (χ4v) is 5.64. The van der Waals surface area contributed by atoms with E-state index in [4.69, 9.17) is 4.74 Å². The lowest BCUT2D eigenvalue weighted by molar-refractivity contribution is 0.0227. The third-order valence-corrected chi connectivity index (χ3v) is 6.94. The van der Waals surface area contributed by atoms with E-state index in [0.717, 1.165) is 43.2 Å². The zero-order chi connectivity index (χ0) is 21.8. The lowest BCUT2D eigenvalue weighted by atomic mass is 10.1. The lowest BCUT2D eigenvalue weighted by Gasteiger charge is -2.30. The van der Waals surface area contributed by atoms with Crippen LogP contribution in [-0.2, 0) is 17.7 Å². The molecule has 4 aromatic rings. The summed E-state index contributed by atoms with van der Waals surface area (Å²) in [7, 11) is 0. The summed E-state index contributed by atoms with van der Waals surface area (Å²) >= 11 is 2.77. The maximum absolute atomic E-state index is 12.5. The van der Waals surface area contributed by atoms with Gasteiger partial charge < -0.3 is 19.9 Å². The maximum atomic E-state index is 12.5. The smallest absolute Gasteiger partial charge is 0.410 e. The van der Waals surface area contributed by atoms with E-state index in [1.165, 1.54) is 16.9 Å². The molecule has 1 aromatic carbocycles. The van der Waals surface area contributed by atoms with Crippen LogP contribution in [0.1, 0.15) is 31.2 Å². The van der Waals surface area contributed by atoms with Gasteiger partial charge in [-0.15, -0.1) is 11.3 Å². The Bertz CT molecular complexity index is 1370. The Morgan fingerprint density at radius 1 is 1.26 bits per heavy atom. The number of hydrogen-bond acceptors (Lipinski definition) is 8. The number of aromatic nitrogens is 3. The Kier molecular flexibility index (Phi) is 4.71. The summed E-state index contributed by atoms with van der Waals surface area (Å²) in [6.45, 7) is 6.71. The first-order valence-corrected chi connectivity index (χ1v) is 11.5. The molecule has 31 heavy (non-hydrogen) atoms. The number of H-pyrrole nitrogens is 1. The van der Waals surface area contributed by atoms with Gasteiger partial charge in [-0.05, 0) is 51.0 Å². The van der Waals surface area contributed by atoms with E-state index in [9.17, 15) is 9.59 Å². The zero-order valence-electron chi connectivity index (χ0n) is 17.3. The summed E-state index contributed by atoms with van der Waals surface area (Å²) in [6, 6.07) is 5.74. The van der Waals surface area contributed by atoms with Gasteiger partial charge in [0.1, 0.15) is 22.6 Å². The summed E-state index contributed by atoms with van der Waals surface area (Å²) < 4.78 is 6.42. The molecular formula is C21H21N5O3S2. The minimum atomic E-state index is -0.519. The lowest BCUT2D eigenvalue weighted by Crippen LogP contribution is -2.39. The van der Waals surface area contributed by atoms with Crippen molar-refractivity contribution < 1.29 is 9.53 Å². The second kappa shape index (κ2) is 7.31. The van der Waals surface area contributed by atoms with Gasteiger partial charge in [-0.1, -0.05) is 11.3 Å². The van der Waals surface area contributed by atoms with Crippen LogP contribution in [0, 0.1) is 0 Å². The van der Waals surface area contributed by atoms with E-state index in [1.54, 1.807) is 22.6 Å². The number of anilines is 2. The highest BCUT2D eigenvalue weighted by Gasteiger charge is 2.29. The number of carbonyl (C=O) groups excluding carboxylic acids is 1. The predicted octanol–water partition coefficient (Wildman–Crippen LogP) is 4.63. The van der Waals surface area contributed by atoms with Crippen LogP contribution in [-0.4, -0.2) is 38.1 Å². The average molecular weight is 456 g/mol. The molecule has 0 unspecified atom stereocenters. The van der Waals surface area contributed by atoms with E-state index in [2.05, 4.69) is 20.3 Å². The summed E-state index contributed by atoms with van der Waals surface area (Å²) in [4.78, 5) is 39.5. The Balaban J connectivity index is 1.46. The van der Waals surface area contributed by atoms with E-state index in [0.29, 0.717) is 13.1 Å². The molecule has 0 bridgehead atoms. The van der Waals surface area contributed by atoms with E-state index < -0.39 is 5.60 Å². The fourth-order valence-electron chi connectivity index (χ4n) is 3.66. The van der Waals surface area contributed by atoms with Crippen LogP contribution in [0.3, 0.4) is 0 Å². The van der Waals surface area contributed by atoms with Crippen LogP contribution in [0.5, 0.6) is 0 Å². The largest absolute Gasteiger partial charge is 0.444 e. The van der Waals surface area contributed by atoms with E-state index in [1.807, 2.05) is 39.0 Å². The predicted molar refractivity (Wildman–Crippen MR) is 123 cm³/mol. The van der Waals surface area contributed by atoms with E-state index >= 15 is 0 Å². The first-order valence-electron chi connectivity index (χ1n) is 9.90. The number of ether oxygens (including phenoxy) is 1. The number of fused-ring (bicyclic) bond motifs is 4. The van der Waals surface area contributed by atoms with Crippen molar-refractivity contribution in [3.05, 3.63) is 44.6 Å². The molecule has 0 atom stereocenters. The van der Waals surface area contributed by atoms with Gasteiger partial charge in [0.2, 0.25) is 0 Å². The van der Waals surface area contributed by atoms with Crippen molar-refractivity contribution in [3.63, 3.8) is 0 Å². The molecule has 160 valence electrons. The molecule has 3 aromatic heterocycles. The molecule has 0 fully saturated rings. The van der Waals surface area contributed by atoms with Gasteiger partial charge in [0.25, 0.3) is 0 Å². The Labute approximate surface area is 185 Å². The van der Waals surface area contributed by atoms with Crippen molar-refractivity contribution in [2.75, 3.05) is 11.9 Å². The third-order valence-electron chi connectivity index (χ3n) is 4.97. The van der Waals surface area contributed by atoms with Gasteiger partial charge >= 0.3 is 11.0 Å². The van der Waals surface area contributed by atoms with Crippen LogP contribution in [0.4, 0.5) is 16.3 Å². The number of carbonyl (C=O) groups is 1. The van der Waals surface area contributed by atoms with Crippen LogP contribution in [0.15, 0.2) is 29.3 Å². The summed E-state index contributed by atoms with van der Waals surface area (Å²) in [5, 5.41) is 4.38. The molecular weight excluding hydrogens is 434 g/mol. The molecule has 1 aliphatic rings. The highest BCUT2D eigenvalue weighted by molar-refractivity contribution is 7.19. The molecule has 0 saturated carbocycles. The molecule has 10 heteroatoms. The molecule has 0 saturated heterocycles. The van der Waals surface area contributed by atoms with Crippen molar-refractivity contribution in [2.45, 2.75) is 39.3 Å². The van der Waals surface area contributed by atoms with Gasteiger partial charge in [-0.25, -0.2) is 14.8 Å². The Hall–Kier alpha value is -2.98. The molecule has 1 amide bonds. The Morgan fingerprint density at radius 2 is 2.10 bits per heavy atom. The molecule has 0 radical (unpaired) electrons. The summed E-state index contributed by atoms with van der Waals surface area (Å²) in [6.07, 6.45) is 1.97. The van der Waals surface area contributed by atoms with Crippen molar-refractivity contribution in [2.24, 2.45) is 0 Å². The number of rotatable bonds is 2. The molecule has 5 rings (SSSR count). The van der Waals surface area contributed by atoms with Crippen molar-refractivity contribution in [1.82, 2.24) is 19.9 Å². The quantitative estimate of drug-likeness (QED) is 0.457. The first-order chi connectivity index (χ1) is 14.8. The second-order valence-corrected chi connectivity index (χ2v) is 10.5.